The molecule has 0 aliphatic carbocycles. The van der Waals surface area contributed by atoms with Gasteiger partial charge in [0.05, 0.1) is 6.04 Å². The van der Waals surface area contributed by atoms with Gasteiger partial charge < -0.3 is 4.90 Å². The van der Waals surface area contributed by atoms with Gasteiger partial charge in [-0.15, -0.1) is 11.3 Å². The Bertz CT molecular complexity index is 582. The summed E-state index contributed by atoms with van der Waals surface area (Å²) in [4.78, 5) is 17.8. The molecule has 1 aliphatic heterocycles. The fourth-order valence-corrected chi connectivity index (χ4v) is 3.69. The normalized spacial score (nSPS) is 19.7. The molecule has 1 aliphatic rings. The van der Waals surface area contributed by atoms with Crippen molar-refractivity contribution in [2.75, 3.05) is 19.6 Å². The Kier molecular flexibility index (Phi) is 4.36. The summed E-state index contributed by atoms with van der Waals surface area (Å²) in [6.07, 6.45) is 0. The topological polar surface area (TPSA) is 23.6 Å². The van der Waals surface area contributed by atoms with Gasteiger partial charge in [0, 0.05) is 38.0 Å². The average molecular weight is 300 g/mol. The standard InChI is InChI=1S/C17H20N2OS/c1-14(20)19-10-9-18(12-16-8-5-11-21-16)13-17(19)15-6-3-2-4-7-15/h2-8,11,17H,9-10,12-13H2,1H3. The van der Waals surface area contributed by atoms with Crippen LogP contribution in [0.4, 0.5) is 0 Å². The van der Waals surface area contributed by atoms with E-state index < -0.39 is 0 Å². The summed E-state index contributed by atoms with van der Waals surface area (Å²) in [5, 5.41) is 2.12. The van der Waals surface area contributed by atoms with Crippen molar-refractivity contribution in [2.45, 2.75) is 19.5 Å². The third-order valence-corrected chi connectivity index (χ3v) is 4.87. The molecule has 4 heteroatoms. The molecule has 2 heterocycles. The maximum absolute atomic E-state index is 11.9. The Morgan fingerprint density at radius 3 is 2.67 bits per heavy atom. The van der Waals surface area contributed by atoms with E-state index in [1.54, 1.807) is 18.3 Å². The van der Waals surface area contributed by atoms with Crippen LogP contribution in [0, 0.1) is 0 Å². The zero-order valence-corrected chi connectivity index (χ0v) is 13.1. The van der Waals surface area contributed by atoms with Crippen LogP contribution >= 0.6 is 11.3 Å². The summed E-state index contributed by atoms with van der Waals surface area (Å²) in [7, 11) is 0. The van der Waals surface area contributed by atoms with Gasteiger partial charge in [0.1, 0.15) is 0 Å². The number of thiophene rings is 1. The van der Waals surface area contributed by atoms with Crippen LogP contribution in [0.3, 0.4) is 0 Å². The van der Waals surface area contributed by atoms with Gasteiger partial charge >= 0.3 is 0 Å². The van der Waals surface area contributed by atoms with Crippen LogP contribution in [0.5, 0.6) is 0 Å². The van der Waals surface area contributed by atoms with Gasteiger partial charge in [-0.3, -0.25) is 9.69 Å². The smallest absolute Gasteiger partial charge is 0.220 e. The predicted octanol–water partition coefficient (Wildman–Crippen LogP) is 3.15. The largest absolute Gasteiger partial charge is 0.333 e. The second-order valence-corrected chi connectivity index (χ2v) is 6.49. The molecular weight excluding hydrogens is 280 g/mol. The van der Waals surface area contributed by atoms with Gasteiger partial charge in [0.2, 0.25) is 5.91 Å². The van der Waals surface area contributed by atoms with E-state index in [1.807, 2.05) is 23.1 Å². The molecule has 3 rings (SSSR count). The van der Waals surface area contributed by atoms with Gasteiger partial charge in [-0.05, 0) is 17.0 Å². The summed E-state index contributed by atoms with van der Waals surface area (Å²) >= 11 is 1.80. The van der Waals surface area contributed by atoms with Crippen molar-refractivity contribution >= 4 is 17.2 Å². The van der Waals surface area contributed by atoms with Gasteiger partial charge in [-0.25, -0.2) is 0 Å². The van der Waals surface area contributed by atoms with Crippen LogP contribution < -0.4 is 0 Å². The fourth-order valence-electron chi connectivity index (χ4n) is 2.94. The van der Waals surface area contributed by atoms with E-state index in [0.29, 0.717) is 0 Å². The lowest BCUT2D eigenvalue weighted by molar-refractivity contribution is -0.134. The molecule has 1 fully saturated rings. The molecule has 0 N–H and O–H groups in total. The molecule has 0 bridgehead atoms. The number of piperazine rings is 1. The maximum Gasteiger partial charge on any atom is 0.220 e. The summed E-state index contributed by atoms with van der Waals surface area (Å²) in [5.41, 5.74) is 1.23. The van der Waals surface area contributed by atoms with E-state index >= 15 is 0 Å². The minimum atomic E-state index is 0.164. The van der Waals surface area contributed by atoms with E-state index in [0.717, 1.165) is 26.2 Å². The van der Waals surface area contributed by atoms with Crippen molar-refractivity contribution in [3.63, 3.8) is 0 Å². The zero-order chi connectivity index (χ0) is 14.7. The Morgan fingerprint density at radius 1 is 1.19 bits per heavy atom. The highest BCUT2D eigenvalue weighted by atomic mass is 32.1. The van der Waals surface area contributed by atoms with Crippen molar-refractivity contribution in [1.82, 2.24) is 9.80 Å². The predicted molar refractivity (Wildman–Crippen MR) is 86.2 cm³/mol. The Labute approximate surface area is 129 Å². The van der Waals surface area contributed by atoms with Gasteiger partial charge in [0.15, 0.2) is 0 Å². The molecule has 0 saturated carbocycles. The third kappa shape index (κ3) is 3.34. The monoisotopic (exact) mass is 300 g/mol. The summed E-state index contributed by atoms with van der Waals surface area (Å²) in [6, 6.07) is 14.8. The number of nitrogens with zero attached hydrogens (tertiary/aromatic N) is 2. The maximum atomic E-state index is 11.9. The van der Waals surface area contributed by atoms with Crippen LogP contribution in [0.1, 0.15) is 23.4 Å². The number of carbonyl (C=O) groups excluding carboxylic acids is 1. The number of hydrogen-bond acceptors (Lipinski definition) is 3. The molecule has 1 aromatic heterocycles. The second kappa shape index (κ2) is 6.41. The van der Waals surface area contributed by atoms with E-state index in [4.69, 9.17) is 0 Å². The number of benzene rings is 1. The van der Waals surface area contributed by atoms with Crippen molar-refractivity contribution in [3.8, 4) is 0 Å². The molecule has 1 aromatic carbocycles. The van der Waals surface area contributed by atoms with Gasteiger partial charge in [-0.1, -0.05) is 36.4 Å². The minimum absolute atomic E-state index is 0.164. The molecule has 3 nitrogen and oxygen atoms in total. The molecule has 1 atom stereocenters. The van der Waals surface area contributed by atoms with Gasteiger partial charge in [0.25, 0.3) is 0 Å². The molecular formula is C17H20N2OS. The van der Waals surface area contributed by atoms with Crippen LogP contribution in [-0.4, -0.2) is 35.3 Å². The number of rotatable bonds is 3. The lowest BCUT2D eigenvalue weighted by Crippen LogP contribution is -2.49. The van der Waals surface area contributed by atoms with Crippen molar-refractivity contribution in [3.05, 3.63) is 58.3 Å². The first-order chi connectivity index (χ1) is 10.2. The highest BCUT2D eigenvalue weighted by molar-refractivity contribution is 7.09. The van der Waals surface area contributed by atoms with E-state index in [-0.39, 0.29) is 11.9 Å². The average Bonchev–Trinajstić information content (AvgIpc) is 3.01. The first kappa shape index (κ1) is 14.3. The molecule has 21 heavy (non-hydrogen) atoms. The van der Waals surface area contributed by atoms with Crippen LogP contribution in [0.2, 0.25) is 0 Å². The van der Waals surface area contributed by atoms with Crippen LogP contribution in [0.15, 0.2) is 47.8 Å². The van der Waals surface area contributed by atoms with Crippen LogP contribution in [0.25, 0.3) is 0 Å². The summed E-state index contributed by atoms with van der Waals surface area (Å²) in [6.45, 7) is 5.31. The first-order valence-corrected chi connectivity index (χ1v) is 8.19. The number of amides is 1. The molecule has 1 unspecified atom stereocenters. The first-order valence-electron chi connectivity index (χ1n) is 7.31. The lowest BCUT2D eigenvalue weighted by Gasteiger charge is -2.41. The highest BCUT2D eigenvalue weighted by Gasteiger charge is 2.29. The Morgan fingerprint density at radius 2 is 2.00 bits per heavy atom. The molecule has 2 aromatic rings. The second-order valence-electron chi connectivity index (χ2n) is 5.45. The van der Waals surface area contributed by atoms with E-state index in [9.17, 15) is 4.79 Å². The third-order valence-electron chi connectivity index (χ3n) is 4.01. The van der Waals surface area contributed by atoms with E-state index in [1.165, 1.54) is 10.4 Å². The molecule has 1 saturated heterocycles. The van der Waals surface area contributed by atoms with Crippen molar-refractivity contribution in [1.29, 1.82) is 0 Å². The fraction of sp³-hybridized carbons (Fsp3) is 0.353. The lowest BCUT2D eigenvalue weighted by atomic mass is 10.0. The zero-order valence-electron chi connectivity index (χ0n) is 12.2. The van der Waals surface area contributed by atoms with Gasteiger partial charge in [-0.2, -0.15) is 0 Å². The van der Waals surface area contributed by atoms with E-state index in [2.05, 4.69) is 34.5 Å². The molecule has 110 valence electrons. The summed E-state index contributed by atoms with van der Waals surface area (Å²) < 4.78 is 0. The molecule has 1 amide bonds. The summed E-state index contributed by atoms with van der Waals surface area (Å²) in [5.74, 6) is 0.166. The Balaban J connectivity index is 1.77. The molecule has 0 radical (unpaired) electrons. The minimum Gasteiger partial charge on any atom is -0.333 e. The Hall–Kier alpha value is -1.65. The SMILES string of the molecule is CC(=O)N1CCN(Cc2cccs2)CC1c1ccccc1. The molecule has 0 spiro atoms. The van der Waals surface area contributed by atoms with Crippen molar-refractivity contribution < 1.29 is 4.79 Å². The quantitative estimate of drug-likeness (QED) is 0.869. The highest BCUT2D eigenvalue weighted by Crippen LogP contribution is 2.26. The van der Waals surface area contributed by atoms with Crippen LogP contribution in [-0.2, 0) is 11.3 Å². The number of carbonyl (C=O) groups is 1. The van der Waals surface area contributed by atoms with Crippen molar-refractivity contribution in [2.24, 2.45) is 0 Å². The number of hydrogen-bond donors (Lipinski definition) is 0.